The van der Waals surface area contributed by atoms with E-state index in [-0.39, 0.29) is 11.3 Å². The van der Waals surface area contributed by atoms with Crippen LogP contribution in [0.2, 0.25) is 0 Å². The number of hydrogen-bond donors (Lipinski definition) is 2. The quantitative estimate of drug-likeness (QED) is 0.799. The third-order valence-electron chi connectivity index (χ3n) is 2.05. The summed E-state index contributed by atoms with van der Waals surface area (Å²) in [4.78, 5) is 25.2. The van der Waals surface area contributed by atoms with Gasteiger partial charge in [-0.05, 0) is 12.1 Å². The maximum atomic E-state index is 12.5. The minimum Gasteiger partial charge on any atom is -0.478 e. The molecule has 0 unspecified atom stereocenters. The second-order valence-electron chi connectivity index (χ2n) is 3.48. The van der Waals surface area contributed by atoms with Gasteiger partial charge in [0.1, 0.15) is 5.69 Å². The van der Waals surface area contributed by atoms with Crippen LogP contribution in [-0.4, -0.2) is 40.9 Å². The average Bonchev–Trinajstić information content (AvgIpc) is 2.36. The van der Waals surface area contributed by atoms with Crippen LogP contribution in [0.1, 0.15) is 20.8 Å². The van der Waals surface area contributed by atoms with Gasteiger partial charge in [0.2, 0.25) is 0 Å². The number of rotatable bonds is 5. The summed E-state index contributed by atoms with van der Waals surface area (Å²) >= 11 is 0. The van der Waals surface area contributed by atoms with Gasteiger partial charge in [0, 0.05) is 6.20 Å². The van der Waals surface area contributed by atoms with Crippen LogP contribution in [0.4, 0.5) is 17.6 Å². The molecule has 0 bridgehead atoms. The number of alkyl halides is 4. The predicted molar refractivity (Wildman–Crippen MR) is 54.5 cm³/mol. The van der Waals surface area contributed by atoms with Crippen LogP contribution in [0.15, 0.2) is 18.3 Å². The molecule has 19 heavy (non-hydrogen) atoms. The van der Waals surface area contributed by atoms with Crippen molar-refractivity contribution in [3.05, 3.63) is 29.6 Å². The van der Waals surface area contributed by atoms with Gasteiger partial charge in [-0.25, -0.2) is 13.6 Å². The lowest BCUT2D eigenvalue weighted by Crippen LogP contribution is -2.41. The number of amides is 1. The first-order valence-corrected chi connectivity index (χ1v) is 4.87. The summed E-state index contributed by atoms with van der Waals surface area (Å²) in [5, 5.41) is 10.2. The normalized spacial score (nSPS) is 11.4. The predicted octanol–water partition coefficient (Wildman–Crippen LogP) is 1.41. The molecule has 0 fully saturated rings. The Morgan fingerprint density at radius 1 is 1.37 bits per heavy atom. The van der Waals surface area contributed by atoms with E-state index in [9.17, 15) is 27.2 Å². The first kappa shape index (κ1) is 14.9. The van der Waals surface area contributed by atoms with Crippen LogP contribution in [-0.2, 0) is 0 Å². The van der Waals surface area contributed by atoms with E-state index in [4.69, 9.17) is 5.11 Å². The molecule has 0 saturated carbocycles. The molecule has 0 aliphatic heterocycles. The first-order chi connectivity index (χ1) is 8.74. The number of pyridine rings is 1. The largest absolute Gasteiger partial charge is 0.478 e. The van der Waals surface area contributed by atoms with Gasteiger partial charge in [-0.15, -0.1) is 0 Å². The lowest BCUT2D eigenvalue weighted by atomic mass is 10.2. The summed E-state index contributed by atoms with van der Waals surface area (Å²) < 4.78 is 48.7. The van der Waals surface area contributed by atoms with E-state index in [1.807, 2.05) is 0 Å². The number of nitrogens with one attached hydrogen (secondary N) is 1. The van der Waals surface area contributed by atoms with E-state index in [2.05, 4.69) is 4.98 Å². The molecule has 2 N–H and O–H groups in total. The highest BCUT2D eigenvalue weighted by Gasteiger charge is 2.40. The molecule has 5 nitrogen and oxygen atoms in total. The highest BCUT2D eigenvalue weighted by Crippen LogP contribution is 2.21. The molecule has 0 radical (unpaired) electrons. The molecule has 0 saturated heterocycles. The van der Waals surface area contributed by atoms with E-state index in [1.165, 1.54) is 0 Å². The molecule has 1 rings (SSSR count). The van der Waals surface area contributed by atoms with Gasteiger partial charge >= 0.3 is 18.3 Å². The fourth-order valence-corrected chi connectivity index (χ4v) is 1.02. The van der Waals surface area contributed by atoms with Crippen LogP contribution in [0.5, 0.6) is 0 Å². The van der Waals surface area contributed by atoms with Gasteiger partial charge in [-0.2, -0.15) is 8.78 Å². The summed E-state index contributed by atoms with van der Waals surface area (Å²) in [6, 6.07) is 2.02. The number of carbonyl (C=O) groups excluding carboxylic acids is 1. The summed E-state index contributed by atoms with van der Waals surface area (Å²) in [6.45, 7) is -1.54. The Morgan fingerprint density at radius 3 is 2.42 bits per heavy atom. The second kappa shape index (κ2) is 5.63. The van der Waals surface area contributed by atoms with Gasteiger partial charge in [0.25, 0.3) is 5.91 Å². The van der Waals surface area contributed by atoms with Crippen molar-refractivity contribution in [1.82, 2.24) is 10.3 Å². The molecule has 1 amide bonds. The van der Waals surface area contributed by atoms with E-state index >= 15 is 0 Å². The first-order valence-electron chi connectivity index (χ1n) is 4.87. The van der Waals surface area contributed by atoms with Crippen LogP contribution in [0, 0.1) is 0 Å². The Morgan fingerprint density at radius 2 is 2.00 bits per heavy atom. The summed E-state index contributed by atoms with van der Waals surface area (Å²) in [7, 11) is 0. The van der Waals surface area contributed by atoms with Crippen molar-refractivity contribution in [3.63, 3.8) is 0 Å². The maximum Gasteiger partial charge on any atom is 0.337 e. The van der Waals surface area contributed by atoms with E-state index in [0.29, 0.717) is 0 Å². The van der Waals surface area contributed by atoms with Crippen LogP contribution >= 0.6 is 0 Å². The van der Waals surface area contributed by atoms with E-state index in [0.717, 1.165) is 18.3 Å². The zero-order chi connectivity index (χ0) is 14.6. The van der Waals surface area contributed by atoms with Crippen molar-refractivity contribution in [2.75, 3.05) is 6.54 Å². The molecule has 1 aromatic heterocycles. The van der Waals surface area contributed by atoms with Crippen LogP contribution in [0.3, 0.4) is 0 Å². The van der Waals surface area contributed by atoms with Crippen molar-refractivity contribution in [2.45, 2.75) is 12.3 Å². The average molecular weight is 280 g/mol. The molecular weight excluding hydrogens is 272 g/mol. The lowest BCUT2D eigenvalue weighted by Gasteiger charge is -2.15. The summed E-state index contributed by atoms with van der Waals surface area (Å²) in [5.74, 6) is -6.71. The molecule has 1 heterocycles. The molecule has 0 spiro atoms. The monoisotopic (exact) mass is 280 g/mol. The number of carboxylic acids is 1. The van der Waals surface area contributed by atoms with Crippen LogP contribution in [0.25, 0.3) is 0 Å². The van der Waals surface area contributed by atoms with Crippen molar-refractivity contribution in [2.24, 2.45) is 0 Å². The van der Waals surface area contributed by atoms with Crippen molar-refractivity contribution >= 4 is 11.9 Å². The van der Waals surface area contributed by atoms with Gasteiger partial charge in [-0.1, -0.05) is 0 Å². The number of halogens is 4. The number of aromatic nitrogens is 1. The summed E-state index contributed by atoms with van der Waals surface area (Å²) in [6.07, 6.45) is -3.04. The fraction of sp³-hybridized carbons (Fsp3) is 0.300. The minimum atomic E-state index is -4.34. The number of carbonyl (C=O) groups is 2. The zero-order valence-corrected chi connectivity index (χ0v) is 9.24. The Hall–Kier alpha value is -2.19. The molecular formula is C10H8F4N2O3. The topological polar surface area (TPSA) is 79.3 Å². The Bertz CT molecular complexity index is 476. The molecule has 0 aromatic carbocycles. The van der Waals surface area contributed by atoms with Gasteiger partial charge < -0.3 is 10.4 Å². The lowest BCUT2D eigenvalue weighted by molar-refractivity contribution is -0.123. The minimum absolute atomic E-state index is 0.200. The van der Waals surface area contributed by atoms with Gasteiger partial charge in [0.15, 0.2) is 0 Å². The SMILES string of the molecule is O=C(O)c1ccc(C(=O)NCC(F)(F)C(F)F)nc1. The molecule has 1 aromatic rings. The van der Waals surface area contributed by atoms with Crippen molar-refractivity contribution < 1.29 is 32.3 Å². The Kier molecular flexibility index (Phi) is 4.41. The highest BCUT2D eigenvalue weighted by atomic mass is 19.3. The fourth-order valence-electron chi connectivity index (χ4n) is 1.02. The second-order valence-corrected chi connectivity index (χ2v) is 3.48. The Balaban J connectivity index is 2.66. The maximum absolute atomic E-state index is 12.5. The molecule has 0 aliphatic rings. The number of nitrogens with zero attached hydrogens (tertiary/aromatic N) is 1. The third-order valence-corrected chi connectivity index (χ3v) is 2.05. The highest BCUT2D eigenvalue weighted by molar-refractivity contribution is 5.93. The number of carboxylic acid groups (broad SMARTS) is 1. The molecule has 0 atom stereocenters. The van der Waals surface area contributed by atoms with E-state index in [1.54, 1.807) is 5.32 Å². The molecule has 104 valence electrons. The molecule has 0 aliphatic carbocycles. The van der Waals surface area contributed by atoms with Gasteiger partial charge in [0.05, 0.1) is 12.1 Å². The zero-order valence-electron chi connectivity index (χ0n) is 9.24. The van der Waals surface area contributed by atoms with Crippen molar-refractivity contribution in [1.29, 1.82) is 0 Å². The van der Waals surface area contributed by atoms with Crippen molar-refractivity contribution in [3.8, 4) is 0 Å². The summed E-state index contributed by atoms with van der Waals surface area (Å²) in [5.41, 5.74) is -0.551. The number of hydrogen-bond acceptors (Lipinski definition) is 3. The number of aromatic carboxylic acids is 1. The molecule has 9 heteroatoms. The van der Waals surface area contributed by atoms with Gasteiger partial charge in [-0.3, -0.25) is 9.78 Å². The third kappa shape index (κ3) is 3.90. The smallest absolute Gasteiger partial charge is 0.337 e. The van der Waals surface area contributed by atoms with E-state index < -0.39 is 30.8 Å². The standard InChI is InChI=1S/C10H8F4N2O3/c11-9(12)10(13,14)4-16-7(17)6-2-1-5(3-15-6)8(18)19/h1-3,9H,4H2,(H,16,17)(H,18,19). The van der Waals surface area contributed by atoms with Crippen LogP contribution < -0.4 is 5.32 Å². The Labute approximate surface area is 104 Å².